The molecule has 0 radical (unpaired) electrons. The van der Waals surface area contributed by atoms with Gasteiger partial charge in [0, 0.05) is 12.2 Å². The van der Waals surface area contributed by atoms with E-state index in [1.165, 1.54) is 6.26 Å². The molecule has 2 aromatic carbocycles. The highest BCUT2D eigenvalue weighted by Crippen LogP contribution is 2.26. The fourth-order valence-corrected chi connectivity index (χ4v) is 3.36. The van der Waals surface area contributed by atoms with E-state index in [9.17, 15) is 4.79 Å². The van der Waals surface area contributed by atoms with Gasteiger partial charge in [0.15, 0.2) is 0 Å². The lowest BCUT2D eigenvalue weighted by Gasteiger charge is -2.23. The highest BCUT2D eigenvalue weighted by atomic mass is 16.5. The number of rotatable bonds is 6. The molecule has 4 rings (SSSR count). The maximum absolute atomic E-state index is 13.3. The third kappa shape index (κ3) is 3.96. The highest BCUT2D eigenvalue weighted by molar-refractivity contribution is 5.94. The van der Waals surface area contributed by atoms with Crippen molar-refractivity contribution in [1.82, 2.24) is 20.0 Å². The Morgan fingerprint density at radius 1 is 1.03 bits per heavy atom. The summed E-state index contributed by atoms with van der Waals surface area (Å²) < 4.78 is 5.00. The SMILES string of the molecule is Cc1nocc1C(=O)N(Cc1ccccc1-c1ccccc1)Cc1nc[nH]c1C. The Kier molecular flexibility index (Phi) is 5.24. The Hall–Kier alpha value is -3.67. The van der Waals surface area contributed by atoms with Gasteiger partial charge >= 0.3 is 0 Å². The molecule has 0 saturated heterocycles. The largest absolute Gasteiger partial charge is 0.364 e. The summed E-state index contributed by atoms with van der Waals surface area (Å²) in [6.07, 6.45) is 3.06. The minimum Gasteiger partial charge on any atom is -0.364 e. The summed E-state index contributed by atoms with van der Waals surface area (Å²) in [6.45, 7) is 4.56. The van der Waals surface area contributed by atoms with Gasteiger partial charge in [-0.3, -0.25) is 4.79 Å². The predicted molar refractivity (Wildman–Crippen MR) is 110 cm³/mol. The molecule has 146 valence electrons. The fraction of sp³-hybridized carbons (Fsp3) is 0.174. The van der Waals surface area contributed by atoms with E-state index in [0.717, 1.165) is 28.1 Å². The first-order valence-electron chi connectivity index (χ1n) is 9.46. The minimum absolute atomic E-state index is 0.131. The Bertz CT molecular complexity index is 1110. The van der Waals surface area contributed by atoms with E-state index >= 15 is 0 Å². The monoisotopic (exact) mass is 386 g/mol. The van der Waals surface area contributed by atoms with E-state index in [1.807, 2.05) is 37.3 Å². The number of nitrogens with zero attached hydrogens (tertiary/aromatic N) is 3. The van der Waals surface area contributed by atoms with Crippen molar-refractivity contribution in [3.8, 4) is 11.1 Å². The van der Waals surface area contributed by atoms with Crippen LogP contribution in [0.2, 0.25) is 0 Å². The molecule has 0 aliphatic rings. The van der Waals surface area contributed by atoms with Crippen LogP contribution in [0, 0.1) is 13.8 Å². The number of H-pyrrole nitrogens is 1. The predicted octanol–water partition coefficient (Wildman–Crippen LogP) is 4.52. The zero-order chi connectivity index (χ0) is 20.2. The second-order valence-electron chi connectivity index (χ2n) is 6.97. The summed E-state index contributed by atoms with van der Waals surface area (Å²) in [4.78, 5) is 22.5. The van der Waals surface area contributed by atoms with Crippen LogP contribution in [0.3, 0.4) is 0 Å². The van der Waals surface area contributed by atoms with Crippen molar-refractivity contribution < 1.29 is 9.32 Å². The molecule has 4 aromatic rings. The Morgan fingerprint density at radius 2 is 1.79 bits per heavy atom. The van der Waals surface area contributed by atoms with Gasteiger partial charge in [-0.15, -0.1) is 0 Å². The van der Waals surface area contributed by atoms with Crippen molar-refractivity contribution in [3.63, 3.8) is 0 Å². The smallest absolute Gasteiger partial charge is 0.259 e. The van der Waals surface area contributed by atoms with Gasteiger partial charge in [0.2, 0.25) is 0 Å². The van der Waals surface area contributed by atoms with Gasteiger partial charge < -0.3 is 14.4 Å². The minimum atomic E-state index is -0.131. The zero-order valence-electron chi connectivity index (χ0n) is 16.4. The Morgan fingerprint density at radius 3 is 2.48 bits per heavy atom. The lowest BCUT2D eigenvalue weighted by atomic mass is 9.99. The summed E-state index contributed by atoms with van der Waals surface area (Å²) in [6, 6.07) is 18.3. The molecule has 0 fully saturated rings. The van der Waals surface area contributed by atoms with Gasteiger partial charge in [0.05, 0.1) is 24.3 Å². The molecule has 29 heavy (non-hydrogen) atoms. The maximum Gasteiger partial charge on any atom is 0.259 e. The van der Waals surface area contributed by atoms with Crippen LogP contribution in [0.25, 0.3) is 11.1 Å². The molecule has 1 N–H and O–H groups in total. The van der Waals surface area contributed by atoms with E-state index in [1.54, 1.807) is 18.2 Å². The number of hydrogen-bond acceptors (Lipinski definition) is 4. The van der Waals surface area contributed by atoms with Gasteiger partial charge in [-0.1, -0.05) is 59.8 Å². The number of benzene rings is 2. The Labute approximate surface area is 169 Å². The van der Waals surface area contributed by atoms with Crippen LogP contribution in [0.15, 0.2) is 71.7 Å². The maximum atomic E-state index is 13.3. The molecule has 0 saturated carbocycles. The first-order chi connectivity index (χ1) is 14.1. The molecule has 0 spiro atoms. The average molecular weight is 386 g/mol. The summed E-state index contributed by atoms with van der Waals surface area (Å²) in [5, 5.41) is 3.86. The first kappa shape index (κ1) is 18.7. The number of aromatic amines is 1. The summed E-state index contributed by atoms with van der Waals surface area (Å²) >= 11 is 0. The second kappa shape index (κ2) is 8.14. The van der Waals surface area contributed by atoms with E-state index in [0.29, 0.717) is 24.3 Å². The standard InChI is InChI=1S/C23H22N4O2/c1-16-21(14-29-26-16)23(28)27(13-22-17(2)24-15-25-22)12-19-10-6-7-11-20(19)18-8-4-3-5-9-18/h3-11,14-15H,12-13H2,1-2H3,(H,24,25). The summed E-state index contributed by atoms with van der Waals surface area (Å²) in [5.74, 6) is -0.131. The zero-order valence-corrected chi connectivity index (χ0v) is 16.4. The van der Waals surface area contributed by atoms with Crippen LogP contribution < -0.4 is 0 Å². The third-order valence-corrected chi connectivity index (χ3v) is 5.01. The second-order valence-corrected chi connectivity index (χ2v) is 6.97. The highest BCUT2D eigenvalue weighted by Gasteiger charge is 2.23. The van der Waals surface area contributed by atoms with Crippen LogP contribution in [-0.4, -0.2) is 25.9 Å². The van der Waals surface area contributed by atoms with Gasteiger partial charge in [-0.2, -0.15) is 0 Å². The van der Waals surface area contributed by atoms with Crippen molar-refractivity contribution in [2.45, 2.75) is 26.9 Å². The fourth-order valence-electron chi connectivity index (χ4n) is 3.36. The molecule has 0 atom stereocenters. The third-order valence-electron chi connectivity index (χ3n) is 5.01. The molecule has 6 heteroatoms. The van der Waals surface area contributed by atoms with Crippen LogP contribution in [-0.2, 0) is 13.1 Å². The molecule has 1 amide bonds. The lowest BCUT2D eigenvalue weighted by molar-refractivity contribution is 0.0726. The Balaban J connectivity index is 1.70. The van der Waals surface area contributed by atoms with Crippen molar-refractivity contribution in [1.29, 1.82) is 0 Å². The molecule has 0 aliphatic carbocycles. The van der Waals surface area contributed by atoms with E-state index < -0.39 is 0 Å². The topological polar surface area (TPSA) is 75.0 Å². The van der Waals surface area contributed by atoms with Crippen LogP contribution in [0.1, 0.15) is 33.0 Å². The number of carbonyl (C=O) groups excluding carboxylic acids is 1. The summed E-state index contributed by atoms with van der Waals surface area (Å²) in [7, 11) is 0. The number of nitrogens with one attached hydrogen (secondary N) is 1. The van der Waals surface area contributed by atoms with Crippen molar-refractivity contribution in [2.24, 2.45) is 0 Å². The molecular formula is C23H22N4O2. The number of carbonyl (C=O) groups is 1. The molecular weight excluding hydrogens is 364 g/mol. The first-order valence-corrected chi connectivity index (χ1v) is 9.46. The normalized spacial score (nSPS) is 10.8. The van der Waals surface area contributed by atoms with Gasteiger partial charge in [-0.05, 0) is 30.5 Å². The number of aryl methyl sites for hydroxylation is 2. The number of imidazole rings is 1. The van der Waals surface area contributed by atoms with Crippen LogP contribution >= 0.6 is 0 Å². The number of amides is 1. The molecule has 6 nitrogen and oxygen atoms in total. The van der Waals surface area contributed by atoms with Gasteiger partial charge in [-0.25, -0.2) is 4.98 Å². The van der Waals surface area contributed by atoms with E-state index in [-0.39, 0.29) is 5.91 Å². The van der Waals surface area contributed by atoms with Crippen LogP contribution in [0.5, 0.6) is 0 Å². The summed E-state index contributed by atoms with van der Waals surface area (Å²) in [5.41, 5.74) is 6.12. The number of aromatic nitrogens is 3. The van der Waals surface area contributed by atoms with Crippen molar-refractivity contribution >= 4 is 5.91 Å². The van der Waals surface area contributed by atoms with Crippen molar-refractivity contribution in [2.75, 3.05) is 0 Å². The van der Waals surface area contributed by atoms with Crippen LogP contribution in [0.4, 0.5) is 0 Å². The quantitative estimate of drug-likeness (QED) is 0.528. The van der Waals surface area contributed by atoms with Gasteiger partial charge in [0.1, 0.15) is 11.8 Å². The van der Waals surface area contributed by atoms with E-state index in [4.69, 9.17) is 4.52 Å². The van der Waals surface area contributed by atoms with Gasteiger partial charge in [0.25, 0.3) is 5.91 Å². The van der Waals surface area contributed by atoms with E-state index in [2.05, 4.69) is 39.4 Å². The molecule has 0 aliphatic heterocycles. The average Bonchev–Trinajstić information content (AvgIpc) is 3.36. The van der Waals surface area contributed by atoms with Crippen molar-refractivity contribution in [3.05, 3.63) is 95.4 Å². The molecule has 0 bridgehead atoms. The molecule has 0 unspecified atom stereocenters. The molecule has 2 aromatic heterocycles. The lowest BCUT2D eigenvalue weighted by Crippen LogP contribution is -2.31. The number of hydrogen-bond donors (Lipinski definition) is 1. The molecule has 2 heterocycles.